The average Bonchev–Trinajstić information content (AvgIpc) is 2.39. The predicted octanol–water partition coefficient (Wildman–Crippen LogP) is 1.64. The van der Waals surface area contributed by atoms with Crippen LogP contribution >= 0.6 is 0 Å². The Morgan fingerprint density at radius 3 is 2.50 bits per heavy atom. The lowest BCUT2D eigenvalue weighted by Crippen LogP contribution is -2.28. The van der Waals surface area contributed by atoms with Gasteiger partial charge in [-0.1, -0.05) is 6.92 Å². The Morgan fingerprint density at radius 1 is 1.20 bits per heavy atom. The Kier molecular flexibility index (Phi) is 4.88. The van der Waals surface area contributed by atoms with E-state index < -0.39 is 10.0 Å². The number of fused-ring (bicyclic) bond motifs is 1. The fourth-order valence-corrected chi connectivity index (χ4v) is 3.28. The Morgan fingerprint density at radius 2 is 1.85 bits per heavy atom. The van der Waals surface area contributed by atoms with Crippen molar-refractivity contribution in [3.8, 4) is 11.5 Å². The van der Waals surface area contributed by atoms with Gasteiger partial charge in [-0.15, -0.1) is 0 Å². The van der Waals surface area contributed by atoms with Gasteiger partial charge < -0.3 is 9.47 Å². The first kappa shape index (κ1) is 15.1. The minimum absolute atomic E-state index is 0.174. The average molecular weight is 299 g/mol. The van der Waals surface area contributed by atoms with Gasteiger partial charge >= 0.3 is 0 Å². The van der Waals surface area contributed by atoms with Crippen LogP contribution < -0.4 is 14.2 Å². The molecule has 5 nitrogen and oxygen atoms in total. The third kappa shape index (κ3) is 3.86. The van der Waals surface area contributed by atoms with E-state index in [2.05, 4.69) is 4.72 Å². The van der Waals surface area contributed by atoms with Crippen LogP contribution in [0.3, 0.4) is 0 Å². The molecule has 1 aliphatic rings. The molecule has 1 aromatic rings. The third-order valence-electron chi connectivity index (χ3n) is 3.19. The standard InChI is InChI=1S/C14H21NO4S/c1-3-8-20(16,17)15-5-4-12-10-14-13(9-11(12)2)18-6-7-19-14/h9-10,15H,3-8H2,1-2H3. The first-order valence-corrected chi connectivity index (χ1v) is 8.53. The molecular formula is C14H21NO4S. The molecule has 0 saturated carbocycles. The summed E-state index contributed by atoms with van der Waals surface area (Å²) in [6.45, 7) is 5.38. The van der Waals surface area contributed by atoms with Gasteiger partial charge in [0, 0.05) is 6.54 Å². The van der Waals surface area contributed by atoms with Gasteiger partial charge in [0.2, 0.25) is 10.0 Å². The highest BCUT2D eigenvalue weighted by molar-refractivity contribution is 7.89. The summed E-state index contributed by atoms with van der Waals surface area (Å²) in [6.07, 6.45) is 1.27. The minimum Gasteiger partial charge on any atom is -0.486 e. The number of sulfonamides is 1. The summed E-state index contributed by atoms with van der Waals surface area (Å²) < 4.78 is 36.8. The van der Waals surface area contributed by atoms with Crippen molar-refractivity contribution in [3.05, 3.63) is 23.3 Å². The highest BCUT2D eigenvalue weighted by atomic mass is 32.2. The van der Waals surface area contributed by atoms with E-state index in [1.807, 2.05) is 26.0 Å². The van der Waals surface area contributed by atoms with Crippen molar-refractivity contribution >= 4 is 10.0 Å². The van der Waals surface area contributed by atoms with E-state index >= 15 is 0 Å². The lowest BCUT2D eigenvalue weighted by atomic mass is 10.0. The molecule has 0 atom stereocenters. The Bertz CT molecular complexity index is 569. The van der Waals surface area contributed by atoms with Gasteiger partial charge in [0.15, 0.2) is 11.5 Å². The van der Waals surface area contributed by atoms with Crippen molar-refractivity contribution in [1.29, 1.82) is 0 Å². The van der Waals surface area contributed by atoms with E-state index in [1.165, 1.54) is 0 Å². The van der Waals surface area contributed by atoms with Crippen molar-refractivity contribution in [2.24, 2.45) is 0 Å². The molecule has 2 rings (SSSR count). The first-order chi connectivity index (χ1) is 9.52. The zero-order valence-corrected chi connectivity index (χ0v) is 12.8. The van der Waals surface area contributed by atoms with Gasteiger partial charge in [0.25, 0.3) is 0 Å². The maximum Gasteiger partial charge on any atom is 0.211 e. The Hall–Kier alpha value is -1.27. The van der Waals surface area contributed by atoms with Crippen molar-refractivity contribution in [2.75, 3.05) is 25.5 Å². The Balaban J connectivity index is 2.00. The molecule has 0 saturated heterocycles. The van der Waals surface area contributed by atoms with Crippen molar-refractivity contribution in [3.63, 3.8) is 0 Å². The summed E-state index contributed by atoms with van der Waals surface area (Å²) >= 11 is 0. The highest BCUT2D eigenvalue weighted by Crippen LogP contribution is 2.33. The fourth-order valence-electron chi connectivity index (χ4n) is 2.18. The maximum absolute atomic E-state index is 11.6. The van der Waals surface area contributed by atoms with E-state index in [-0.39, 0.29) is 5.75 Å². The molecule has 0 aliphatic carbocycles. The molecule has 0 radical (unpaired) electrons. The van der Waals surface area contributed by atoms with E-state index in [4.69, 9.17) is 9.47 Å². The van der Waals surface area contributed by atoms with E-state index in [0.29, 0.717) is 32.6 Å². The number of nitrogens with one attached hydrogen (secondary N) is 1. The monoisotopic (exact) mass is 299 g/mol. The van der Waals surface area contributed by atoms with Crippen LogP contribution in [0.2, 0.25) is 0 Å². The van der Waals surface area contributed by atoms with E-state index in [9.17, 15) is 8.42 Å². The van der Waals surface area contributed by atoms with Gasteiger partial charge in [-0.2, -0.15) is 0 Å². The molecule has 1 heterocycles. The van der Waals surface area contributed by atoms with Gasteiger partial charge in [0.1, 0.15) is 13.2 Å². The quantitative estimate of drug-likeness (QED) is 0.867. The third-order valence-corrected chi connectivity index (χ3v) is 4.78. The van der Waals surface area contributed by atoms with Crippen LogP contribution in [-0.2, 0) is 16.4 Å². The molecule has 0 aromatic heterocycles. The molecule has 0 fully saturated rings. The topological polar surface area (TPSA) is 64.6 Å². The van der Waals surface area contributed by atoms with E-state index in [1.54, 1.807) is 0 Å². The molecule has 1 aromatic carbocycles. The SMILES string of the molecule is CCCS(=O)(=O)NCCc1cc2c(cc1C)OCCO2. The summed E-state index contributed by atoms with van der Waals surface area (Å²) in [7, 11) is -3.14. The number of hydrogen-bond donors (Lipinski definition) is 1. The summed E-state index contributed by atoms with van der Waals surface area (Å²) in [6, 6.07) is 3.89. The number of benzene rings is 1. The number of rotatable bonds is 6. The molecule has 0 amide bonds. The van der Waals surface area contributed by atoms with Gasteiger partial charge in [0.05, 0.1) is 5.75 Å². The molecule has 6 heteroatoms. The molecular weight excluding hydrogens is 278 g/mol. The maximum atomic E-state index is 11.6. The molecule has 0 bridgehead atoms. The predicted molar refractivity (Wildman–Crippen MR) is 78.0 cm³/mol. The second-order valence-electron chi connectivity index (χ2n) is 4.89. The van der Waals surface area contributed by atoms with Crippen molar-refractivity contribution in [1.82, 2.24) is 4.72 Å². The summed E-state index contributed by atoms with van der Waals surface area (Å²) in [5, 5.41) is 0. The van der Waals surface area contributed by atoms with Crippen LogP contribution in [0, 0.1) is 6.92 Å². The van der Waals surface area contributed by atoms with Gasteiger partial charge in [-0.25, -0.2) is 13.1 Å². The minimum atomic E-state index is -3.14. The first-order valence-electron chi connectivity index (χ1n) is 6.88. The smallest absolute Gasteiger partial charge is 0.211 e. The van der Waals surface area contributed by atoms with Crippen LogP contribution in [-0.4, -0.2) is 33.9 Å². The molecule has 112 valence electrons. The van der Waals surface area contributed by atoms with Crippen LogP contribution in [0.25, 0.3) is 0 Å². The van der Waals surface area contributed by atoms with Gasteiger partial charge in [-0.05, 0) is 43.0 Å². The normalized spacial score (nSPS) is 14.3. The molecule has 0 unspecified atom stereocenters. The zero-order valence-electron chi connectivity index (χ0n) is 11.9. The summed E-state index contributed by atoms with van der Waals surface area (Å²) in [4.78, 5) is 0. The van der Waals surface area contributed by atoms with E-state index in [0.717, 1.165) is 22.6 Å². The summed E-state index contributed by atoms with van der Waals surface area (Å²) in [5.41, 5.74) is 2.16. The van der Waals surface area contributed by atoms with Crippen molar-refractivity contribution < 1.29 is 17.9 Å². The second kappa shape index (κ2) is 6.45. The van der Waals surface area contributed by atoms with Crippen LogP contribution in [0.15, 0.2) is 12.1 Å². The molecule has 20 heavy (non-hydrogen) atoms. The zero-order chi connectivity index (χ0) is 14.6. The van der Waals surface area contributed by atoms with Gasteiger partial charge in [-0.3, -0.25) is 0 Å². The Labute approximate surface area is 120 Å². The van der Waals surface area contributed by atoms with Crippen LogP contribution in [0.5, 0.6) is 11.5 Å². The fraction of sp³-hybridized carbons (Fsp3) is 0.571. The van der Waals surface area contributed by atoms with Crippen LogP contribution in [0.4, 0.5) is 0 Å². The lowest BCUT2D eigenvalue weighted by molar-refractivity contribution is 0.171. The number of ether oxygens (including phenoxy) is 2. The van der Waals surface area contributed by atoms with Crippen molar-refractivity contribution in [2.45, 2.75) is 26.7 Å². The lowest BCUT2D eigenvalue weighted by Gasteiger charge is -2.20. The van der Waals surface area contributed by atoms with Crippen LogP contribution in [0.1, 0.15) is 24.5 Å². The number of hydrogen-bond acceptors (Lipinski definition) is 4. The molecule has 1 aliphatic heterocycles. The molecule has 1 N–H and O–H groups in total. The molecule has 0 spiro atoms. The summed E-state index contributed by atoms with van der Waals surface area (Å²) in [5.74, 6) is 1.69. The number of aryl methyl sites for hydroxylation is 1. The largest absolute Gasteiger partial charge is 0.486 e. The second-order valence-corrected chi connectivity index (χ2v) is 6.81. The highest BCUT2D eigenvalue weighted by Gasteiger charge is 2.14.